The summed E-state index contributed by atoms with van der Waals surface area (Å²) in [6, 6.07) is 0.460. The first-order valence-electron chi connectivity index (χ1n) is 3.87. The molecule has 0 amide bonds. The molecular formula is C7H10N4O. The summed E-state index contributed by atoms with van der Waals surface area (Å²) in [5.74, 6) is 0.501. The molecule has 0 unspecified atom stereocenters. The minimum atomic E-state index is -0.284. The Morgan fingerprint density at radius 3 is 3.08 bits per heavy atom. The molecule has 0 bridgehead atoms. The van der Waals surface area contributed by atoms with E-state index in [2.05, 4.69) is 15.3 Å². The van der Waals surface area contributed by atoms with E-state index in [1.165, 1.54) is 6.33 Å². The van der Waals surface area contributed by atoms with Crippen LogP contribution in [0.2, 0.25) is 0 Å². The molecular weight excluding hydrogens is 156 g/mol. The molecule has 5 nitrogen and oxygen atoms in total. The summed E-state index contributed by atoms with van der Waals surface area (Å²) in [6.07, 6.45) is 3.62. The Labute approximate surface area is 69.0 Å². The van der Waals surface area contributed by atoms with Crippen LogP contribution in [0, 0.1) is 0 Å². The van der Waals surface area contributed by atoms with Crippen molar-refractivity contribution in [3.63, 3.8) is 0 Å². The number of nitrogen functional groups attached to an aromatic ring is 1. The number of nitrogens with one attached hydrogen (secondary N) is 2. The fraction of sp³-hybridized carbons (Fsp3) is 0.429. The standard InChI is InChI=1S/C7H10N4O/c8-5-6(11-4-1-2-4)9-3-10-7(5)12/h3-4H,1-2,8H2,(H2,9,10,11,12). The van der Waals surface area contributed by atoms with E-state index in [4.69, 9.17) is 5.73 Å². The molecule has 2 rings (SSSR count). The minimum Gasteiger partial charge on any atom is -0.391 e. The fourth-order valence-electron chi connectivity index (χ4n) is 0.946. The van der Waals surface area contributed by atoms with E-state index < -0.39 is 0 Å². The van der Waals surface area contributed by atoms with Crippen molar-refractivity contribution in [2.24, 2.45) is 0 Å². The maximum absolute atomic E-state index is 11.0. The van der Waals surface area contributed by atoms with Crippen molar-refractivity contribution in [3.8, 4) is 0 Å². The quantitative estimate of drug-likeness (QED) is 0.574. The van der Waals surface area contributed by atoms with Crippen LogP contribution in [-0.4, -0.2) is 16.0 Å². The molecule has 0 atom stereocenters. The van der Waals surface area contributed by atoms with Crippen molar-refractivity contribution < 1.29 is 0 Å². The van der Waals surface area contributed by atoms with Gasteiger partial charge in [0.05, 0.1) is 6.33 Å². The number of hydrogen-bond donors (Lipinski definition) is 3. The first-order valence-corrected chi connectivity index (χ1v) is 3.87. The van der Waals surface area contributed by atoms with Crippen LogP contribution < -0.4 is 16.6 Å². The van der Waals surface area contributed by atoms with Crippen molar-refractivity contribution in [1.82, 2.24) is 9.97 Å². The zero-order valence-electron chi connectivity index (χ0n) is 6.50. The highest BCUT2D eigenvalue weighted by Crippen LogP contribution is 2.24. The van der Waals surface area contributed by atoms with E-state index in [1.807, 2.05) is 0 Å². The maximum Gasteiger partial charge on any atom is 0.276 e. The van der Waals surface area contributed by atoms with Crippen LogP contribution in [0.4, 0.5) is 11.5 Å². The van der Waals surface area contributed by atoms with Gasteiger partial charge in [-0.05, 0) is 12.8 Å². The largest absolute Gasteiger partial charge is 0.391 e. The number of nitrogens with zero attached hydrogens (tertiary/aromatic N) is 1. The van der Waals surface area contributed by atoms with E-state index in [-0.39, 0.29) is 11.2 Å². The number of H-pyrrole nitrogens is 1. The summed E-state index contributed by atoms with van der Waals surface area (Å²) in [7, 11) is 0. The summed E-state index contributed by atoms with van der Waals surface area (Å²) in [5.41, 5.74) is 5.38. The van der Waals surface area contributed by atoms with Gasteiger partial charge < -0.3 is 16.0 Å². The molecule has 4 N–H and O–H groups in total. The molecule has 0 spiro atoms. The zero-order chi connectivity index (χ0) is 8.55. The Morgan fingerprint density at radius 2 is 2.42 bits per heavy atom. The number of aromatic nitrogens is 2. The van der Waals surface area contributed by atoms with Gasteiger partial charge in [0.2, 0.25) is 0 Å². The Hall–Kier alpha value is -1.52. The van der Waals surface area contributed by atoms with E-state index in [0.717, 1.165) is 12.8 Å². The van der Waals surface area contributed by atoms with Crippen molar-refractivity contribution in [1.29, 1.82) is 0 Å². The van der Waals surface area contributed by atoms with Crippen molar-refractivity contribution in [2.75, 3.05) is 11.1 Å². The van der Waals surface area contributed by atoms with Gasteiger partial charge in [-0.2, -0.15) is 0 Å². The number of aromatic amines is 1. The van der Waals surface area contributed by atoms with Crippen LogP contribution in [0.15, 0.2) is 11.1 Å². The predicted octanol–water partition coefficient (Wildman–Crippen LogP) is -0.0736. The van der Waals surface area contributed by atoms with Gasteiger partial charge >= 0.3 is 0 Å². The van der Waals surface area contributed by atoms with E-state index in [9.17, 15) is 4.79 Å². The van der Waals surface area contributed by atoms with Crippen molar-refractivity contribution >= 4 is 11.5 Å². The summed E-state index contributed by atoms with van der Waals surface area (Å²) in [4.78, 5) is 17.3. The van der Waals surface area contributed by atoms with Gasteiger partial charge in [-0.15, -0.1) is 0 Å². The molecule has 1 aliphatic carbocycles. The second-order valence-electron chi connectivity index (χ2n) is 2.91. The van der Waals surface area contributed by atoms with Crippen LogP contribution in [-0.2, 0) is 0 Å². The topological polar surface area (TPSA) is 83.8 Å². The van der Waals surface area contributed by atoms with Crippen LogP contribution in [0.5, 0.6) is 0 Å². The van der Waals surface area contributed by atoms with Gasteiger partial charge in [0, 0.05) is 6.04 Å². The summed E-state index contributed by atoms with van der Waals surface area (Å²) >= 11 is 0. The molecule has 1 saturated carbocycles. The normalized spacial score (nSPS) is 16.0. The molecule has 0 aliphatic heterocycles. The first-order chi connectivity index (χ1) is 5.77. The van der Waals surface area contributed by atoms with Crippen LogP contribution in [0.25, 0.3) is 0 Å². The molecule has 1 aliphatic rings. The molecule has 1 heterocycles. The molecule has 0 radical (unpaired) electrons. The lowest BCUT2D eigenvalue weighted by atomic mass is 10.4. The third-order valence-electron chi connectivity index (χ3n) is 1.81. The SMILES string of the molecule is Nc1c(NC2CC2)nc[nH]c1=O. The van der Waals surface area contributed by atoms with E-state index >= 15 is 0 Å². The molecule has 0 saturated heterocycles. The first kappa shape index (κ1) is 7.15. The Balaban J connectivity index is 2.29. The lowest BCUT2D eigenvalue weighted by Crippen LogP contribution is -2.16. The average Bonchev–Trinajstić information content (AvgIpc) is 2.83. The predicted molar refractivity (Wildman–Crippen MR) is 45.9 cm³/mol. The lowest BCUT2D eigenvalue weighted by molar-refractivity contribution is 1.07. The average molecular weight is 166 g/mol. The Bertz CT molecular complexity index is 342. The molecule has 1 aromatic rings. The molecule has 0 aromatic carbocycles. The van der Waals surface area contributed by atoms with Crippen LogP contribution in [0.1, 0.15) is 12.8 Å². The second kappa shape index (κ2) is 2.51. The number of hydrogen-bond acceptors (Lipinski definition) is 4. The summed E-state index contributed by atoms with van der Waals surface area (Å²) in [5, 5.41) is 3.07. The van der Waals surface area contributed by atoms with Gasteiger partial charge in [-0.1, -0.05) is 0 Å². The fourth-order valence-corrected chi connectivity index (χ4v) is 0.946. The Kier molecular flexibility index (Phi) is 1.49. The van der Waals surface area contributed by atoms with Gasteiger partial charge in [0.25, 0.3) is 5.56 Å². The third kappa shape index (κ3) is 1.25. The second-order valence-corrected chi connectivity index (χ2v) is 2.91. The summed E-state index contributed by atoms with van der Waals surface area (Å²) < 4.78 is 0. The zero-order valence-corrected chi connectivity index (χ0v) is 6.50. The lowest BCUT2D eigenvalue weighted by Gasteiger charge is -2.03. The highest BCUT2D eigenvalue weighted by atomic mass is 16.1. The van der Waals surface area contributed by atoms with Crippen LogP contribution >= 0.6 is 0 Å². The number of anilines is 2. The minimum absolute atomic E-state index is 0.171. The molecule has 1 aromatic heterocycles. The number of rotatable bonds is 2. The molecule has 1 fully saturated rings. The van der Waals surface area contributed by atoms with Crippen molar-refractivity contribution in [3.05, 3.63) is 16.7 Å². The highest BCUT2D eigenvalue weighted by Gasteiger charge is 2.22. The monoisotopic (exact) mass is 166 g/mol. The van der Waals surface area contributed by atoms with Gasteiger partial charge in [-0.25, -0.2) is 4.98 Å². The smallest absolute Gasteiger partial charge is 0.276 e. The summed E-state index contributed by atoms with van der Waals surface area (Å²) in [6.45, 7) is 0. The molecule has 12 heavy (non-hydrogen) atoms. The van der Waals surface area contributed by atoms with Crippen LogP contribution in [0.3, 0.4) is 0 Å². The van der Waals surface area contributed by atoms with E-state index in [1.54, 1.807) is 0 Å². The third-order valence-corrected chi connectivity index (χ3v) is 1.81. The van der Waals surface area contributed by atoms with Gasteiger partial charge in [-0.3, -0.25) is 4.79 Å². The Morgan fingerprint density at radius 1 is 1.67 bits per heavy atom. The highest BCUT2D eigenvalue weighted by molar-refractivity contribution is 5.59. The molecule has 64 valence electrons. The van der Waals surface area contributed by atoms with E-state index in [0.29, 0.717) is 11.9 Å². The number of nitrogens with two attached hydrogens (primary N) is 1. The van der Waals surface area contributed by atoms with Crippen molar-refractivity contribution in [2.45, 2.75) is 18.9 Å². The van der Waals surface area contributed by atoms with Gasteiger partial charge in [0.15, 0.2) is 5.82 Å². The molecule has 5 heteroatoms. The maximum atomic E-state index is 11.0. The van der Waals surface area contributed by atoms with Gasteiger partial charge in [0.1, 0.15) is 5.69 Å².